The summed E-state index contributed by atoms with van der Waals surface area (Å²) in [5, 5.41) is 6.36. The molecule has 0 spiro atoms. The Labute approximate surface area is 157 Å². The SMILES string of the molecule is CC(C)(C)[Si](OCC1CC1CN=[N+]=[N-])(c1ccccc1)c1ccccc1. The zero-order valence-corrected chi connectivity index (χ0v) is 16.8. The Balaban J connectivity index is 1.95. The third-order valence-electron chi connectivity index (χ3n) is 5.38. The van der Waals surface area contributed by atoms with Crippen LogP contribution in [0.5, 0.6) is 0 Å². The topological polar surface area (TPSA) is 58.0 Å². The van der Waals surface area contributed by atoms with Gasteiger partial charge in [0.2, 0.25) is 0 Å². The molecule has 0 radical (unpaired) electrons. The van der Waals surface area contributed by atoms with Gasteiger partial charge >= 0.3 is 0 Å². The van der Waals surface area contributed by atoms with Crippen LogP contribution in [0.3, 0.4) is 0 Å². The molecule has 0 aliphatic heterocycles. The molecule has 1 fully saturated rings. The quantitative estimate of drug-likeness (QED) is 0.308. The van der Waals surface area contributed by atoms with Gasteiger partial charge in [-0.3, -0.25) is 0 Å². The van der Waals surface area contributed by atoms with E-state index in [1.807, 2.05) is 0 Å². The summed E-state index contributed by atoms with van der Waals surface area (Å²) in [4.78, 5) is 2.89. The van der Waals surface area contributed by atoms with E-state index >= 15 is 0 Å². The highest BCUT2D eigenvalue weighted by Crippen LogP contribution is 2.42. The molecular weight excluding hydrogens is 338 g/mol. The summed E-state index contributed by atoms with van der Waals surface area (Å²) in [6, 6.07) is 21.4. The third-order valence-corrected chi connectivity index (χ3v) is 10.4. The first-order valence-electron chi connectivity index (χ1n) is 9.25. The summed E-state index contributed by atoms with van der Waals surface area (Å²) in [6.45, 7) is 8.21. The van der Waals surface area contributed by atoms with Gasteiger partial charge in [0.25, 0.3) is 8.32 Å². The van der Waals surface area contributed by atoms with Gasteiger partial charge in [0, 0.05) is 18.1 Å². The van der Waals surface area contributed by atoms with E-state index in [2.05, 4.69) is 91.5 Å². The predicted octanol–water partition coefficient (Wildman–Crippen LogP) is 4.51. The molecule has 2 unspecified atom stereocenters. The van der Waals surface area contributed by atoms with Gasteiger partial charge in [-0.1, -0.05) is 86.5 Å². The molecule has 5 heteroatoms. The van der Waals surface area contributed by atoms with Crippen molar-refractivity contribution in [3.05, 3.63) is 71.1 Å². The summed E-state index contributed by atoms with van der Waals surface area (Å²) < 4.78 is 6.90. The molecule has 1 saturated carbocycles. The van der Waals surface area contributed by atoms with Crippen LogP contribution in [0, 0.1) is 11.8 Å². The molecule has 136 valence electrons. The average molecular weight is 366 g/mol. The molecule has 0 aromatic heterocycles. The molecule has 2 aromatic rings. The van der Waals surface area contributed by atoms with E-state index in [0.29, 0.717) is 18.4 Å². The summed E-state index contributed by atoms with van der Waals surface area (Å²) in [7, 11) is -2.44. The molecule has 0 amide bonds. The zero-order valence-electron chi connectivity index (χ0n) is 15.8. The Morgan fingerprint density at radius 3 is 2.00 bits per heavy atom. The van der Waals surface area contributed by atoms with E-state index in [1.54, 1.807) is 0 Å². The molecule has 0 saturated heterocycles. The highest BCUT2D eigenvalue weighted by molar-refractivity contribution is 6.99. The van der Waals surface area contributed by atoms with E-state index in [-0.39, 0.29) is 5.04 Å². The van der Waals surface area contributed by atoms with Crippen LogP contribution in [-0.4, -0.2) is 21.5 Å². The number of benzene rings is 2. The number of azide groups is 1. The van der Waals surface area contributed by atoms with Crippen LogP contribution < -0.4 is 10.4 Å². The van der Waals surface area contributed by atoms with Gasteiger partial charge in [0.15, 0.2) is 0 Å². The molecular formula is C21H27N3OSi. The maximum Gasteiger partial charge on any atom is 0.261 e. The van der Waals surface area contributed by atoms with Crippen molar-refractivity contribution in [2.75, 3.05) is 13.2 Å². The van der Waals surface area contributed by atoms with Gasteiger partial charge in [-0.25, -0.2) is 0 Å². The minimum Gasteiger partial charge on any atom is -0.407 e. The fraction of sp³-hybridized carbons (Fsp3) is 0.429. The van der Waals surface area contributed by atoms with E-state index in [0.717, 1.165) is 13.0 Å². The van der Waals surface area contributed by atoms with Crippen LogP contribution >= 0.6 is 0 Å². The predicted molar refractivity (Wildman–Crippen MR) is 109 cm³/mol. The van der Waals surface area contributed by atoms with Crippen molar-refractivity contribution in [2.45, 2.75) is 32.2 Å². The van der Waals surface area contributed by atoms with Crippen LogP contribution in [0.15, 0.2) is 65.8 Å². The lowest BCUT2D eigenvalue weighted by atomic mass is 10.2. The molecule has 2 aromatic carbocycles. The minimum atomic E-state index is -2.44. The average Bonchev–Trinajstić information content (AvgIpc) is 3.39. The van der Waals surface area contributed by atoms with Gasteiger partial charge in [-0.2, -0.15) is 0 Å². The monoisotopic (exact) mass is 365 g/mol. The second kappa shape index (κ2) is 7.66. The van der Waals surface area contributed by atoms with Crippen molar-refractivity contribution in [2.24, 2.45) is 17.0 Å². The Bertz CT molecular complexity index is 727. The summed E-state index contributed by atoms with van der Waals surface area (Å²) in [6.07, 6.45) is 1.09. The molecule has 2 atom stereocenters. The fourth-order valence-electron chi connectivity index (χ4n) is 3.87. The molecule has 0 N–H and O–H groups in total. The fourth-order valence-corrected chi connectivity index (χ4v) is 8.49. The number of hydrogen-bond acceptors (Lipinski definition) is 2. The largest absolute Gasteiger partial charge is 0.407 e. The van der Waals surface area contributed by atoms with Gasteiger partial charge in [-0.15, -0.1) is 0 Å². The number of rotatable bonds is 7. The van der Waals surface area contributed by atoms with E-state index in [9.17, 15) is 0 Å². The van der Waals surface area contributed by atoms with E-state index < -0.39 is 8.32 Å². The number of hydrogen-bond donors (Lipinski definition) is 0. The van der Waals surface area contributed by atoms with Crippen molar-refractivity contribution in [1.29, 1.82) is 0 Å². The number of nitrogens with zero attached hydrogens (tertiary/aromatic N) is 3. The van der Waals surface area contributed by atoms with Crippen LogP contribution in [0.1, 0.15) is 27.2 Å². The minimum absolute atomic E-state index is 0.00486. The standard InChI is InChI=1S/C21H27N3OSi/c1-21(2,3)26(19-10-6-4-7-11-19,20-12-8-5-9-13-20)25-16-18-14-17(18)15-23-24-22/h4-13,17-18H,14-16H2,1-3H3. The first-order chi connectivity index (χ1) is 12.5. The Morgan fingerprint density at radius 2 is 1.54 bits per heavy atom. The first kappa shape index (κ1) is 18.7. The smallest absolute Gasteiger partial charge is 0.261 e. The second-order valence-corrected chi connectivity index (χ2v) is 12.4. The van der Waals surface area contributed by atoms with Gasteiger partial charge < -0.3 is 4.43 Å². The molecule has 1 aliphatic carbocycles. The van der Waals surface area contributed by atoms with Crippen LogP contribution in [0.2, 0.25) is 5.04 Å². The van der Waals surface area contributed by atoms with Crippen LogP contribution in [-0.2, 0) is 4.43 Å². The Morgan fingerprint density at radius 1 is 1.00 bits per heavy atom. The normalized spacial score (nSPS) is 19.7. The maximum absolute atomic E-state index is 8.53. The Hall–Kier alpha value is -2.07. The van der Waals surface area contributed by atoms with Crippen molar-refractivity contribution < 1.29 is 4.43 Å². The third kappa shape index (κ3) is 3.70. The molecule has 3 rings (SSSR count). The molecule has 4 nitrogen and oxygen atoms in total. The lowest BCUT2D eigenvalue weighted by molar-refractivity contribution is 0.274. The van der Waals surface area contributed by atoms with Crippen molar-refractivity contribution >= 4 is 18.7 Å². The summed E-state index contributed by atoms with van der Waals surface area (Å²) in [5.41, 5.74) is 8.53. The molecule has 0 heterocycles. The molecule has 26 heavy (non-hydrogen) atoms. The van der Waals surface area contributed by atoms with Crippen molar-refractivity contribution in [3.8, 4) is 0 Å². The zero-order chi connectivity index (χ0) is 18.6. The van der Waals surface area contributed by atoms with Crippen molar-refractivity contribution in [1.82, 2.24) is 0 Å². The van der Waals surface area contributed by atoms with Gasteiger partial charge in [0.1, 0.15) is 0 Å². The van der Waals surface area contributed by atoms with Crippen molar-refractivity contribution in [3.63, 3.8) is 0 Å². The highest BCUT2D eigenvalue weighted by atomic mass is 28.4. The maximum atomic E-state index is 8.53. The summed E-state index contributed by atoms with van der Waals surface area (Å²) in [5.74, 6) is 0.978. The van der Waals surface area contributed by atoms with Gasteiger partial charge in [0.05, 0.1) is 0 Å². The highest BCUT2D eigenvalue weighted by Gasteiger charge is 2.51. The van der Waals surface area contributed by atoms with Gasteiger partial charge in [-0.05, 0) is 39.2 Å². The summed E-state index contributed by atoms with van der Waals surface area (Å²) >= 11 is 0. The second-order valence-electron chi connectivity index (χ2n) is 8.14. The van der Waals surface area contributed by atoms with E-state index in [4.69, 9.17) is 9.96 Å². The van der Waals surface area contributed by atoms with Crippen LogP contribution in [0.4, 0.5) is 0 Å². The molecule has 1 aliphatic rings. The first-order valence-corrected chi connectivity index (χ1v) is 11.2. The molecule has 0 bridgehead atoms. The van der Waals surface area contributed by atoms with Crippen LogP contribution in [0.25, 0.3) is 10.4 Å². The van der Waals surface area contributed by atoms with E-state index in [1.165, 1.54) is 10.4 Å². The lowest BCUT2D eigenvalue weighted by Gasteiger charge is -2.43. The Kier molecular flexibility index (Phi) is 5.51. The lowest BCUT2D eigenvalue weighted by Crippen LogP contribution is -2.66.